The van der Waals surface area contributed by atoms with Crippen molar-refractivity contribution in [1.29, 1.82) is 5.26 Å². The van der Waals surface area contributed by atoms with Crippen LogP contribution in [0.1, 0.15) is 46.7 Å². The second kappa shape index (κ2) is 9.15. The maximum absolute atomic E-state index is 13.7. The molecule has 1 unspecified atom stereocenters. The van der Waals surface area contributed by atoms with Crippen molar-refractivity contribution in [1.82, 2.24) is 0 Å². The summed E-state index contributed by atoms with van der Waals surface area (Å²) in [5, 5.41) is 9.02. The highest BCUT2D eigenvalue weighted by atomic mass is 79.9. The highest BCUT2D eigenvalue weighted by molar-refractivity contribution is 9.10. The van der Waals surface area contributed by atoms with E-state index in [4.69, 9.17) is 40.1 Å². The van der Waals surface area contributed by atoms with Gasteiger partial charge in [-0.25, -0.2) is 0 Å². The average Bonchev–Trinajstić information content (AvgIpc) is 3.45. The molecule has 0 saturated heterocycles. The van der Waals surface area contributed by atoms with E-state index in [1.54, 1.807) is 12.1 Å². The quantitative estimate of drug-likeness (QED) is 0.266. The summed E-state index contributed by atoms with van der Waals surface area (Å²) in [7, 11) is 0. The number of halogens is 7. The first-order valence-electron chi connectivity index (χ1n) is 9.09. The van der Waals surface area contributed by atoms with Crippen LogP contribution in [0.3, 0.4) is 0 Å². The number of nitrogens with zero attached hydrogens (tertiary/aromatic N) is 1. The van der Waals surface area contributed by atoms with E-state index in [9.17, 15) is 18.0 Å². The van der Waals surface area contributed by atoms with Gasteiger partial charge in [-0.15, -0.1) is 0 Å². The summed E-state index contributed by atoms with van der Waals surface area (Å²) < 4.78 is 41.5. The van der Waals surface area contributed by atoms with E-state index < -0.39 is 17.5 Å². The van der Waals surface area contributed by atoms with Crippen LogP contribution in [0.4, 0.5) is 13.2 Å². The summed E-state index contributed by atoms with van der Waals surface area (Å²) in [6.07, 6.45) is -0.749. The van der Waals surface area contributed by atoms with Crippen molar-refractivity contribution in [2.45, 2.75) is 31.4 Å². The molecule has 0 bridgehead atoms. The standard InChI is InChI=1S/C22H14BrCl3F3NO/c23-16-7-12(1-3-14(16)19(31)10-21(11-30)5-6-21)2-4-15(22(27,28)29)13-8-17(24)20(26)18(25)9-13/h1-4,7-9,15H,5-6,10H2/b4-2+. The van der Waals surface area contributed by atoms with E-state index in [1.807, 2.05) is 0 Å². The van der Waals surface area contributed by atoms with Crippen molar-refractivity contribution in [3.05, 3.63) is 72.6 Å². The Bertz CT molecular complexity index is 1080. The highest BCUT2D eigenvalue weighted by Crippen LogP contribution is 2.49. The Morgan fingerprint density at radius 3 is 2.29 bits per heavy atom. The maximum Gasteiger partial charge on any atom is 0.399 e. The zero-order valence-corrected chi connectivity index (χ0v) is 19.6. The van der Waals surface area contributed by atoms with Gasteiger partial charge in [0.25, 0.3) is 0 Å². The number of nitriles is 1. The molecule has 1 saturated carbocycles. The molecule has 1 atom stereocenters. The lowest BCUT2D eigenvalue weighted by atomic mass is 9.95. The van der Waals surface area contributed by atoms with Crippen LogP contribution in [0, 0.1) is 16.7 Å². The predicted molar refractivity (Wildman–Crippen MR) is 120 cm³/mol. The van der Waals surface area contributed by atoms with E-state index >= 15 is 0 Å². The third-order valence-electron chi connectivity index (χ3n) is 5.08. The second-order valence-corrected chi connectivity index (χ2v) is 9.46. The number of hydrogen-bond donors (Lipinski definition) is 0. The fourth-order valence-corrected chi connectivity index (χ4v) is 4.34. The van der Waals surface area contributed by atoms with E-state index in [0.717, 1.165) is 18.2 Å². The monoisotopic (exact) mass is 549 g/mol. The van der Waals surface area contributed by atoms with Crippen molar-refractivity contribution >= 4 is 62.6 Å². The van der Waals surface area contributed by atoms with Gasteiger partial charge in [0, 0.05) is 16.5 Å². The zero-order valence-electron chi connectivity index (χ0n) is 15.7. The molecule has 2 aromatic carbocycles. The van der Waals surface area contributed by atoms with Gasteiger partial charge >= 0.3 is 6.18 Å². The van der Waals surface area contributed by atoms with Gasteiger partial charge in [0.05, 0.1) is 32.5 Å². The van der Waals surface area contributed by atoms with Crippen molar-refractivity contribution < 1.29 is 18.0 Å². The molecule has 0 amide bonds. The van der Waals surface area contributed by atoms with E-state index in [0.29, 0.717) is 28.4 Å². The molecule has 1 fully saturated rings. The lowest BCUT2D eigenvalue weighted by Crippen LogP contribution is -2.19. The summed E-state index contributed by atoms with van der Waals surface area (Å²) in [5.74, 6) is -2.13. The number of Topliss-reactive ketones (excluding diaryl/α,β-unsaturated/α-hetero) is 1. The SMILES string of the molecule is N#CC1(CC(=O)c2ccc(/C=C/C(c3cc(Cl)c(Cl)c(Cl)c3)C(F)(F)F)cc2Br)CC1. The Morgan fingerprint density at radius 1 is 1.19 bits per heavy atom. The topological polar surface area (TPSA) is 40.9 Å². The molecule has 0 aromatic heterocycles. The fraction of sp³-hybridized carbons (Fsp3) is 0.273. The minimum absolute atomic E-state index is 0.00875. The lowest BCUT2D eigenvalue weighted by Gasteiger charge is -2.18. The Morgan fingerprint density at radius 2 is 1.81 bits per heavy atom. The summed E-state index contributed by atoms with van der Waals surface area (Å²) in [5.41, 5.74) is 0.142. The number of carbonyl (C=O) groups is 1. The van der Waals surface area contributed by atoms with Crippen LogP contribution in [-0.4, -0.2) is 12.0 Å². The number of hydrogen-bond acceptors (Lipinski definition) is 2. The molecule has 162 valence electrons. The van der Waals surface area contributed by atoms with Gasteiger partial charge in [-0.3, -0.25) is 4.79 Å². The van der Waals surface area contributed by atoms with Crippen LogP contribution in [0.2, 0.25) is 15.1 Å². The van der Waals surface area contributed by atoms with Gasteiger partial charge in [0.15, 0.2) is 5.78 Å². The molecule has 0 spiro atoms. The van der Waals surface area contributed by atoms with Gasteiger partial charge in [-0.2, -0.15) is 18.4 Å². The van der Waals surface area contributed by atoms with Crippen molar-refractivity contribution in [3.8, 4) is 6.07 Å². The maximum atomic E-state index is 13.7. The van der Waals surface area contributed by atoms with Gasteiger partial charge in [0.1, 0.15) is 0 Å². The van der Waals surface area contributed by atoms with Gasteiger partial charge in [-0.1, -0.05) is 69.0 Å². The van der Waals surface area contributed by atoms with Crippen molar-refractivity contribution in [2.24, 2.45) is 5.41 Å². The molecule has 31 heavy (non-hydrogen) atoms. The normalized spacial score (nSPS) is 16.2. The van der Waals surface area contributed by atoms with Crippen LogP contribution in [0.5, 0.6) is 0 Å². The summed E-state index contributed by atoms with van der Waals surface area (Å²) in [6, 6.07) is 9.10. The Hall–Kier alpha value is -1.52. The number of carbonyl (C=O) groups excluding carboxylic acids is 1. The van der Waals surface area contributed by atoms with Gasteiger partial charge < -0.3 is 0 Å². The van der Waals surface area contributed by atoms with Crippen LogP contribution in [-0.2, 0) is 0 Å². The molecule has 2 nitrogen and oxygen atoms in total. The second-order valence-electron chi connectivity index (χ2n) is 7.41. The van der Waals surface area contributed by atoms with Crippen molar-refractivity contribution in [2.75, 3.05) is 0 Å². The smallest absolute Gasteiger partial charge is 0.294 e. The van der Waals surface area contributed by atoms with Gasteiger partial charge in [0.2, 0.25) is 0 Å². The molecule has 3 rings (SSSR count). The van der Waals surface area contributed by atoms with E-state index in [-0.39, 0.29) is 32.8 Å². The molecule has 1 aliphatic carbocycles. The van der Waals surface area contributed by atoms with Crippen LogP contribution >= 0.6 is 50.7 Å². The van der Waals surface area contributed by atoms with E-state index in [2.05, 4.69) is 22.0 Å². The minimum Gasteiger partial charge on any atom is -0.294 e. The molecular formula is C22H14BrCl3F3NO. The summed E-state index contributed by atoms with van der Waals surface area (Å²) >= 11 is 20.9. The molecule has 2 aromatic rings. The molecule has 0 aliphatic heterocycles. The molecular weight excluding hydrogens is 538 g/mol. The number of alkyl halides is 3. The first-order valence-corrected chi connectivity index (χ1v) is 11.0. The Labute approximate surface area is 200 Å². The molecule has 0 N–H and O–H groups in total. The first-order chi connectivity index (χ1) is 14.5. The van der Waals surface area contributed by atoms with Crippen LogP contribution in [0.15, 0.2) is 40.9 Å². The Kier molecular flexibility index (Phi) is 7.12. The lowest BCUT2D eigenvalue weighted by molar-refractivity contribution is -0.139. The van der Waals surface area contributed by atoms with E-state index in [1.165, 1.54) is 12.1 Å². The number of allylic oxidation sites excluding steroid dienone is 1. The largest absolute Gasteiger partial charge is 0.399 e. The molecule has 0 radical (unpaired) electrons. The number of benzene rings is 2. The third kappa shape index (κ3) is 5.64. The first kappa shape index (κ1) is 24.1. The van der Waals surface area contributed by atoms with Gasteiger partial charge in [-0.05, 0) is 48.2 Å². The van der Waals surface area contributed by atoms with Crippen molar-refractivity contribution in [3.63, 3.8) is 0 Å². The van der Waals surface area contributed by atoms with Crippen LogP contribution < -0.4 is 0 Å². The number of ketones is 1. The predicted octanol–water partition coefficient (Wildman–Crippen LogP) is 8.65. The minimum atomic E-state index is -4.58. The zero-order chi connectivity index (χ0) is 23.0. The Balaban J connectivity index is 1.85. The third-order valence-corrected chi connectivity index (χ3v) is 6.94. The average molecular weight is 552 g/mol. The highest BCUT2D eigenvalue weighted by Gasteiger charge is 2.45. The van der Waals surface area contributed by atoms with Crippen LogP contribution in [0.25, 0.3) is 6.08 Å². The summed E-state index contributed by atoms with van der Waals surface area (Å²) in [6.45, 7) is 0. The summed E-state index contributed by atoms with van der Waals surface area (Å²) in [4.78, 5) is 12.5. The molecule has 9 heteroatoms. The molecule has 1 aliphatic rings. The number of rotatable bonds is 6. The molecule has 0 heterocycles. The fourth-order valence-electron chi connectivity index (χ4n) is 3.11.